The van der Waals surface area contributed by atoms with Crippen LogP contribution in [0.25, 0.3) is 5.57 Å². The van der Waals surface area contributed by atoms with Crippen LogP contribution in [0.2, 0.25) is 0 Å². The number of hydrogen-bond donors (Lipinski definition) is 1. The van der Waals surface area contributed by atoms with Crippen molar-refractivity contribution in [1.82, 2.24) is 0 Å². The number of nitrogens with zero attached hydrogens (tertiary/aromatic N) is 1. The molecule has 3 aromatic carbocycles. The zero-order valence-electron chi connectivity index (χ0n) is 20.1. The summed E-state index contributed by atoms with van der Waals surface area (Å²) in [4.78, 5) is 28.4. The number of ether oxygens (including phenoxy) is 1. The Morgan fingerprint density at radius 1 is 0.853 bits per heavy atom. The standard InChI is InChI=1S/C29H30N2O3/c1-5-18-34-24-13-9-12-22(19-24)30-26-25(20-10-7-6-8-11-20)27(32)31(28(26)33)23-16-14-21(15-17-23)29(2,3)4/h6-17,19,30H,5,18H2,1-4H3. The molecule has 0 aliphatic carbocycles. The van der Waals surface area contributed by atoms with E-state index >= 15 is 0 Å². The molecule has 0 radical (unpaired) electrons. The maximum Gasteiger partial charge on any atom is 0.282 e. The Hall–Kier alpha value is -3.86. The van der Waals surface area contributed by atoms with Gasteiger partial charge in [0.25, 0.3) is 11.8 Å². The third kappa shape index (κ3) is 4.74. The topological polar surface area (TPSA) is 58.6 Å². The van der Waals surface area contributed by atoms with E-state index in [-0.39, 0.29) is 22.9 Å². The van der Waals surface area contributed by atoms with Crippen LogP contribution >= 0.6 is 0 Å². The minimum atomic E-state index is -0.382. The second-order valence-electron chi connectivity index (χ2n) is 9.36. The van der Waals surface area contributed by atoms with Crippen molar-refractivity contribution < 1.29 is 14.3 Å². The van der Waals surface area contributed by atoms with Gasteiger partial charge in [0, 0.05) is 11.8 Å². The molecular formula is C29H30N2O3. The van der Waals surface area contributed by atoms with Crippen molar-refractivity contribution >= 4 is 28.8 Å². The molecule has 34 heavy (non-hydrogen) atoms. The summed E-state index contributed by atoms with van der Waals surface area (Å²) in [7, 11) is 0. The monoisotopic (exact) mass is 454 g/mol. The van der Waals surface area contributed by atoms with Gasteiger partial charge in [-0.15, -0.1) is 0 Å². The van der Waals surface area contributed by atoms with Crippen LogP contribution in [0.15, 0.2) is 84.6 Å². The number of nitrogens with one attached hydrogen (secondary N) is 1. The summed E-state index contributed by atoms with van der Waals surface area (Å²) in [5.41, 5.74) is 3.64. The van der Waals surface area contributed by atoms with E-state index < -0.39 is 0 Å². The van der Waals surface area contributed by atoms with Crippen LogP contribution in [-0.2, 0) is 15.0 Å². The minimum absolute atomic E-state index is 0.0252. The molecular weight excluding hydrogens is 424 g/mol. The predicted molar refractivity (Wildman–Crippen MR) is 137 cm³/mol. The molecule has 1 heterocycles. The maximum atomic E-state index is 13.6. The highest BCUT2D eigenvalue weighted by Gasteiger charge is 2.40. The zero-order valence-corrected chi connectivity index (χ0v) is 20.1. The smallest absolute Gasteiger partial charge is 0.282 e. The normalized spacial score (nSPS) is 14.1. The van der Waals surface area contributed by atoms with E-state index in [0.717, 1.165) is 12.0 Å². The van der Waals surface area contributed by atoms with E-state index in [0.29, 0.717) is 34.9 Å². The van der Waals surface area contributed by atoms with Gasteiger partial charge < -0.3 is 10.1 Å². The van der Waals surface area contributed by atoms with Crippen LogP contribution < -0.4 is 15.0 Å². The van der Waals surface area contributed by atoms with Gasteiger partial charge in [0.2, 0.25) is 0 Å². The molecule has 0 bridgehead atoms. The van der Waals surface area contributed by atoms with Gasteiger partial charge in [-0.1, -0.05) is 76.2 Å². The molecule has 0 aromatic heterocycles. The minimum Gasteiger partial charge on any atom is -0.494 e. The fourth-order valence-electron chi connectivity index (χ4n) is 3.89. The fraction of sp³-hybridized carbons (Fsp3) is 0.241. The Kier molecular flexibility index (Phi) is 6.55. The molecule has 1 N–H and O–H groups in total. The van der Waals surface area contributed by atoms with Crippen molar-refractivity contribution in [3.05, 3.63) is 95.7 Å². The third-order valence-corrected chi connectivity index (χ3v) is 5.71. The van der Waals surface area contributed by atoms with E-state index in [4.69, 9.17) is 4.74 Å². The van der Waals surface area contributed by atoms with Gasteiger partial charge in [-0.25, -0.2) is 4.90 Å². The molecule has 2 amide bonds. The molecule has 1 aliphatic heterocycles. The number of amides is 2. The van der Waals surface area contributed by atoms with Crippen molar-refractivity contribution in [2.24, 2.45) is 0 Å². The van der Waals surface area contributed by atoms with Crippen molar-refractivity contribution in [2.75, 3.05) is 16.8 Å². The zero-order chi connectivity index (χ0) is 24.3. The molecule has 0 spiro atoms. The lowest BCUT2D eigenvalue weighted by Crippen LogP contribution is -2.32. The molecule has 5 heteroatoms. The number of carbonyl (C=O) groups excluding carboxylic acids is 2. The molecule has 1 aliphatic rings. The van der Waals surface area contributed by atoms with Crippen LogP contribution in [0, 0.1) is 0 Å². The number of benzene rings is 3. The molecule has 0 saturated heterocycles. The summed E-state index contributed by atoms with van der Waals surface area (Å²) >= 11 is 0. The lowest BCUT2D eigenvalue weighted by Gasteiger charge is -2.21. The lowest BCUT2D eigenvalue weighted by atomic mass is 9.87. The first-order valence-electron chi connectivity index (χ1n) is 11.6. The van der Waals surface area contributed by atoms with Gasteiger partial charge in [-0.05, 0) is 47.2 Å². The van der Waals surface area contributed by atoms with E-state index in [2.05, 4.69) is 26.1 Å². The quantitative estimate of drug-likeness (QED) is 0.434. The lowest BCUT2D eigenvalue weighted by molar-refractivity contribution is -0.120. The number of carbonyl (C=O) groups is 2. The second-order valence-corrected chi connectivity index (χ2v) is 9.36. The van der Waals surface area contributed by atoms with E-state index in [1.807, 2.05) is 85.8 Å². The Bertz CT molecular complexity index is 1220. The van der Waals surface area contributed by atoms with Gasteiger partial charge in [0.15, 0.2) is 0 Å². The number of hydrogen-bond acceptors (Lipinski definition) is 4. The van der Waals surface area contributed by atoms with Crippen molar-refractivity contribution in [1.29, 1.82) is 0 Å². The number of anilines is 2. The highest BCUT2D eigenvalue weighted by molar-refractivity contribution is 6.46. The molecule has 0 saturated carbocycles. The molecule has 5 nitrogen and oxygen atoms in total. The SMILES string of the molecule is CCCOc1cccc(NC2=C(c3ccccc3)C(=O)N(c3ccc(C(C)(C)C)cc3)C2=O)c1. The van der Waals surface area contributed by atoms with Gasteiger partial charge in [-0.2, -0.15) is 0 Å². The third-order valence-electron chi connectivity index (χ3n) is 5.71. The summed E-state index contributed by atoms with van der Waals surface area (Å²) in [6, 6.07) is 24.3. The van der Waals surface area contributed by atoms with Crippen molar-refractivity contribution in [3.8, 4) is 5.75 Å². The number of imide groups is 1. The molecule has 0 fully saturated rings. The average Bonchev–Trinajstić information content (AvgIpc) is 3.07. The molecule has 0 atom stereocenters. The molecule has 3 aromatic rings. The molecule has 0 unspecified atom stereocenters. The van der Waals surface area contributed by atoms with Crippen molar-refractivity contribution in [2.45, 2.75) is 39.5 Å². The maximum absolute atomic E-state index is 13.6. The van der Waals surface area contributed by atoms with E-state index in [1.54, 1.807) is 0 Å². The van der Waals surface area contributed by atoms with Gasteiger partial charge in [-0.3, -0.25) is 9.59 Å². The Labute approximate surface area is 201 Å². The van der Waals surface area contributed by atoms with E-state index in [1.165, 1.54) is 4.90 Å². The van der Waals surface area contributed by atoms with Gasteiger partial charge in [0.1, 0.15) is 11.4 Å². The summed E-state index contributed by atoms with van der Waals surface area (Å²) in [5.74, 6) is -0.0204. The van der Waals surface area contributed by atoms with Gasteiger partial charge >= 0.3 is 0 Å². The Balaban J connectivity index is 1.72. The first-order valence-corrected chi connectivity index (χ1v) is 11.6. The van der Waals surface area contributed by atoms with E-state index in [9.17, 15) is 9.59 Å². The summed E-state index contributed by atoms with van der Waals surface area (Å²) in [5, 5.41) is 3.21. The first kappa shape index (κ1) is 23.3. The van der Waals surface area contributed by atoms with Crippen LogP contribution in [0.3, 0.4) is 0 Å². The second kappa shape index (κ2) is 9.56. The molecule has 174 valence electrons. The van der Waals surface area contributed by atoms with Crippen LogP contribution in [-0.4, -0.2) is 18.4 Å². The average molecular weight is 455 g/mol. The first-order chi connectivity index (χ1) is 16.3. The van der Waals surface area contributed by atoms with Crippen LogP contribution in [0.1, 0.15) is 45.2 Å². The summed E-state index contributed by atoms with van der Waals surface area (Å²) in [6.07, 6.45) is 0.900. The highest BCUT2D eigenvalue weighted by Crippen LogP contribution is 2.35. The Morgan fingerprint density at radius 2 is 1.56 bits per heavy atom. The highest BCUT2D eigenvalue weighted by atomic mass is 16.5. The van der Waals surface area contributed by atoms with Gasteiger partial charge in [0.05, 0.1) is 17.9 Å². The Morgan fingerprint density at radius 3 is 2.21 bits per heavy atom. The summed E-state index contributed by atoms with van der Waals surface area (Å²) < 4.78 is 5.73. The van der Waals surface area contributed by atoms with Crippen molar-refractivity contribution in [3.63, 3.8) is 0 Å². The summed E-state index contributed by atoms with van der Waals surface area (Å²) in [6.45, 7) is 9.04. The van der Waals surface area contributed by atoms with Crippen LogP contribution in [0.5, 0.6) is 5.75 Å². The largest absolute Gasteiger partial charge is 0.494 e. The predicted octanol–water partition coefficient (Wildman–Crippen LogP) is 6.17. The molecule has 4 rings (SSSR count). The van der Waals surface area contributed by atoms with Crippen LogP contribution in [0.4, 0.5) is 11.4 Å². The fourth-order valence-corrected chi connectivity index (χ4v) is 3.89. The number of rotatable bonds is 7.